The van der Waals surface area contributed by atoms with Crippen LogP contribution >= 0.6 is 0 Å². The Morgan fingerprint density at radius 2 is 2.22 bits per heavy atom. The molecule has 0 aliphatic rings. The van der Waals surface area contributed by atoms with Crippen molar-refractivity contribution in [2.24, 2.45) is 5.73 Å². The lowest BCUT2D eigenvalue weighted by atomic mass is 9.96. The summed E-state index contributed by atoms with van der Waals surface area (Å²) >= 11 is 0. The minimum Gasteiger partial charge on any atom is -0.490 e. The van der Waals surface area contributed by atoms with Gasteiger partial charge in [0.05, 0.1) is 6.10 Å². The van der Waals surface area contributed by atoms with Crippen molar-refractivity contribution in [3.63, 3.8) is 0 Å². The van der Waals surface area contributed by atoms with Gasteiger partial charge in [-0.1, -0.05) is 0 Å². The number of hydrogen-bond donors (Lipinski definition) is 2. The monoisotopic (exact) mass is 255 g/mol. The van der Waals surface area contributed by atoms with Crippen LogP contribution in [0.25, 0.3) is 0 Å². The molecule has 0 aliphatic heterocycles. The summed E-state index contributed by atoms with van der Waals surface area (Å²) in [6.45, 7) is 4.90. The Balaban J connectivity index is 2.70. The minimum atomic E-state index is -1.34. The highest BCUT2D eigenvalue weighted by atomic mass is 19.1. The van der Waals surface area contributed by atoms with E-state index >= 15 is 0 Å². The number of ether oxygens (including phenoxy) is 1. The molecule has 1 aromatic carbocycles. The van der Waals surface area contributed by atoms with Crippen LogP contribution in [0.15, 0.2) is 18.2 Å². The first-order valence-electron chi connectivity index (χ1n) is 5.67. The molecular weight excluding hydrogens is 237 g/mol. The summed E-state index contributed by atoms with van der Waals surface area (Å²) < 4.78 is 18.5. The fourth-order valence-corrected chi connectivity index (χ4v) is 1.69. The van der Waals surface area contributed by atoms with Crippen LogP contribution < -0.4 is 10.5 Å². The molecule has 0 aliphatic carbocycles. The van der Waals surface area contributed by atoms with Gasteiger partial charge in [0.2, 0.25) is 0 Å². The first-order valence-corrected chi connectivity index (χ1v) is 5.67. The third kappa shape index (κ3) is 3.70. The Morgan fingerprint density at radius 3 is 2.72 bits per heavy atom. The van der Waals surface area contributed by atoms with E-state index in [2.05, 4.69) is 0 Å². The topological polar surface area (TPSA) is 72.5 Å². The molecule has 100 valence electrons. The van der Waals surface area contributed by atoms with Gasteiger partial charge in [0.15, 0.2) is 0 Å². The lowest BCUT2D eigenvalue weighted by molar-refractivity contribution is -0.143. The van der Waals surface area contributed by atoms with Crippen molar-refractivity contribution in [1.29, 1.82) is 0 Å². The second kappa shape index (κ2) is 5.35. The fraction of sp³-hybridized carbons (Fsp3) is 0.462. The molecule has 0 bridgehead atoms. The third-order valence-electron chi connectivity index (χ3n) is 2.67. The van der Waals surface area contributed by atoms with Crippen LogP contribution in [0.2, 0.25) is 0 Å². The molecule has 0 saturated heterocycles. The zero-order chi connectivity index (χ0) is 13.9. The Hall–Kier alpha value is -1.62. The summed E-state index contributed by atoms with van der Waals surface area (Å²) in [5.74, 6) is -0.874. The molecule has 0 aromatic heterocycles. The Labute approximate surface area is 106 Å². The van der Waals surface area contributed by atoms with Gasteiger partial charge in [0.1, 0.15) is 17.1 Å². The number of halogens is 1. The van der Waals surface area contributed by atoms with E-state index < -0.39 is 11.5 Å². The molecule has 0 saturated carbocycles. The molecule has 0 spiro atoms. The second-order valence-corrected chi connectivity index (χ2v) is 4.77. The molecule has 2 unspecified atom stereocenters. The van der Waals surface area contributed by atoms with Crippen LogP contribution in [-0.2, 0) is 4.79 Å². The molecule has 0 heterocycles. The van der Waals surface area contributed by atoms with Crippen molar-refractivity contribution < 1.29 is 19.0 Å². The number of carboxylic acid groups (broad SMARTS) is 1. The number of nitrogens with two attached hydrogens (primary N) is 1. The number of rotatable bonds is 5. The van der Waals surface area contributed by atoms with Crippen molar-refractivity contribution in [3.8, 4) is 5.75 Å². The van der Waals surface area contributed by atoms with Crippen LogP contribution in [0.3, 0.4) is 0 Å². The van der Waals surface area contributed by atoms with Crippen LogP contribution in [0.1, 0.15) is 25.8 Å². The minimum absolute atomic E-state index is 0.166. The Kier molecular flexibility index (Phi) is 4.29. The Bertz CT molecular complexity index is 446. The average molecular weight is 255 g/mol. The van der Waals surface area contributed by atoms with Gasteiger partial charge in [-0.3, -0.25) is 4.79 Å². The summed E-state index contributed by atoms with van der Waals surface area (Å²) in [4.78, 5) is 10.9. The van der Waals surface area contributed by atoms with Crippen LogP contribution in [-0.4, -0.2) is 22.7 Å². The fourth-order valence-electron chi connectivity index (χ4n) is 1.69. The van der Waals surface area contributed by atoms with Gasteiger partial charge in [-0.05, 0) is 44.5 Å². The molecule has 1 rings (SSSR count). The second-order valence-electron chi connectivity index (χ2n) is 4.77. The number of aryl methyl sites for hydroxylation is 1. The van der Waals surface area contributed by atoms with E-state index in [0.717, 1.165) is 0 Å². The maximum atomic E-state index is 12.9. The summed E-state index contributed by atoms with van der Waals surface area (Å²) in [6, 6.07) is 4.19. The molecular formula is C13H18FNO3. The molecule has 4 nitrogen and oxygen atoms in total. The first-order chi connectivity index (χ1) is 8.22. The number of hydrogen-bond acceptors (Lipinski definition) is 3. The van der Waals surface area contributed by atoms with Gasteiger partial charge in [-0.25, -0.2) is 4.39 Å². The largest absolute Gasteiger partial charge is 0.490 e. The van der Waals surface area contributed by atoms with Gasteiger partial charge >= 0.3 is 5.97 Å². The normalized spacial score (nSPS) is 15.8. The van der Waals surface area contributed by atoms with E-state index in [1.807, 2.05) is 0 Å². The smallest absolute Gasteiger partial charge is 0.323 e. The lowest BCUT2D eigenvalue weighted by Crippen LogP contribution is -2.47. The van der Waals surface area contributed by atoms with E-state index in [4.69, 9.17) is 15.6 Å². The van der Waals surface area contributed by atoms with E-state index in [0.29, 0.717) is 11.3 Å². The number of benzene rings is 1. The first kappa shape index (κ1) is 14.4. The summed E-state index contributed by atoms with van der Waals surface area (Å²) in [7, 11) is 0. The van der Waals surface area contributed by atoms with Crippen molar-refractivity contribution in [1.82, 2.24) is 0 Å². The SMILES string of the molecule is Cc1cc(F)ccc1OC(C)CC(C)(N)C(=O)O. The number of carbonyl (C=O) groups is 1. The molecule has 5 heteroatoms. The summed E-state index contributed by atoms with van der Waals surface area (Å²) in [5.41, 5.74) is 4.96. The predicted octanol–water partition coefficient (Wildman–Crippen LogP) is 2.09. The van der Waals surface area contributed by atoms with Gasteiger partial charge in [0, 0.05) is 6.42 Å². The van der Waals surface area contributed by atoms with Crippen LogP contribution in [0.4, 0.5) is 4.39 Å². The summed E-state index contributed by atoms with van der Waals surface area (Å²) in [6.07, 6.45) is -0.209. The standard InChI is InChI=1S/C13H18FNO3/c1-8-6-10(14)4-5-11(8)18-9(2)7-13(3,15)12(16)17/h4-6,9H,7,15H2,1-3H3,(H,16,17). The molecule has 3 N–H and O–H groups in total. The molecule has 1 aromatic rings. The zero-order valence-corrected chi connectivity index (χ0v) is 10.7. The third-order valence-corrected chi connectivity index (χ3v) is 2.67. The van der Waals surface area contributed by atoms with E-state index in [1.165, 1.54) is 25.1 Å². The average Bonchev–Trinajstić information content (AvgIpc) is 2.21. The zero-order valence-electron chi connectivity index (χ0n) is 10.7. The van der Waals surface area contributed by atoms with E-state index in [9.17, 15) is 9.18 Å². The highest BCUT2D eigenvalue weighted by molar-refractivity contribution is 5.77. The Morgan fingerprint density at radius 1 is 1.61 bits per heavy atom. The van der Waals surface area contributed by atoms with E-state index in [-0.39, 0.29) is 18.3 Å². The van der Waals surface area contributed by atoms with Crippen molar-refractivity contribution >= 4 is 5.97 Å². The van der Waals surface area contributed by atoms with E-state index in [1.54, 1.807) is 13.8 Å². The predicted molar refractivity (Wildman–Crippen MR) is 66.1 cm³/mol. The van der Waals surface area contributed by atoms with Gasteiger partial charge < -0.3 is 15.6 Å². The van der Waals surface area contributed by atoms with Crippen LogP contribution in [0.5, 0.6) is 5.75 Å². The molecule has 0 fully saturated rings. The molecule has 2 atom stereocenters. The molecule has 0 amide bonds. The maximum absolute atomic E-state index is 12.9. The van der Waals surface area contributed by atoms with Gasteiger partial charge in [-0.15, -0.1) is 0 Å². The molecule has 18 heavy (non-hydrogen) atoms. The number of carboxylic acids is 1. The lowest BCUT2D eigenvalue weighted by Gasteiger charge is -2.24. The number of aliphatic carboxylic acids is 1. The highest BCUT2D eigenvalue weighted by Gasteiger charge is 2.30. The van der Waals surface area contributed by atoms with Gasteiger partial charge in [-0.2, -0.15) is 0 Å². The quantitative estimate of drug-likeness (QED) is 0.845. The van der Waals surface area contributed by atoms with Crippen molar-refractivity contribution in [2.45, 2.75) is 38.8 Å². The summed E-state index contributed by atoms with van der Waals surface area (Å²) in [5, 5.41) is 8.92. The van der Waals surface area contributed by atoms with Crippen molar-refractivity contribution in [2.75, 3.05) is 0 Å². The van der Waals surface area contributed by atoms with Gasteiger partial charge in [0.25, 0.3) is 0 Å². The maximum Gasteiger partial charge on any atom is 0.323 e. The van der Waals surface area contributed by atoms with Crippen LogP contribution in [0, 0.1) is 12.7 Å². The molecule has 0 radical (unpaired) electrons. The highest BCUT2D eigenvalue weighted by Crippen LogP contribution is 2.22. The van der Waals surface area contributed by atoms with Crippen molar-refractivity contribution in [3.05, 3.63) is 29.6 Å².